The van der Waals surface area contributed by atoms with Crippen LogP contribution in [-0.4, -0.2) is 23.1 Å². The lowest BCUT2D eigenvalue weighted by Crippen LogP contribution is -2.45. The largest absolute Gasteiger partial charge is 0.479 e. The molecule has 0 aromatic heterocycles. The average molecular weight is 290 g/mol. The minimum Gasteiger partial charge on any atom is -0.479 e. The summed E-state index contributed by atoms with van der Waals surface area (Å²) in [6, 6.07) is 7.46. The lowest BCUT2D eigenvalue weighted by molar-refractivity contribution is -0.139. The molecule has 3 N–H and O–H groups in total. The smallest absolute Gasteiger partial charge is 0.330 e. The van der Waals surface area contributed by atoms with Gasteiger partial charge in [0.15, 0.2) is 6.04 Å². The van der Waals surface area contributed by atoms with Crippen LogP contribution in [0.4, 0.5) is 4.79 Å². The number of hydrogen-bond acceptors (Lipinski definition) is 2. The van der Waals surface area contributed by atoms with E-state index in [9.17, 15) is 14.7 Å². The highest BCUT2D eigenvalue weighted by Crippen LogP contribution is 2.17. The number of benzene rings is 1. The van der Waals surface area contributed by atoms with E-state index in [0.29, 0.717) is 5.56 Å². The molecule has 21 heavy (non-hydrogen) atoms. The van der Waals surface area contributed by atoms with Gasteiger partial charge < -0.3 is 15.7 Å². The molecule has 1 aliphatic carbocycles. The van der Waals surface area contributed by atoms with E-state index in [1.165, 1.54) is 12.8 Å². The maximum Gasteiger partial charge on any atom is 0.330 e. The lowest BCUT2D eigenvalue weighted by atomic mass is 10.1. The van der Waals surface area contributed by atoms with Crippen LogP contribution < -0.4 is 10.6 Å². The number of aliphatic carboxylic acids is 1. The highest BCUT2D eigenvalue weighted by Gasteiger charge is 2.23. The van der Waals surface area contributed by atoms with Gasteiger partial charge in [0.2, 0.25) is 0 Å². The first kappa shape index (κ1) is 15.4. The van der Waals surface area contributed by atoms with Crippen LogP contribution in [-0.2, 0) is 4.79 Å². The Morgan fingerprint density at radius 3 is 2.24 bits per heavy atom. The van der Waals surface area contributed by atoms with Gasteiger partial charge in [-0.1, -0.05) is 56.0 Å². The van der Waals surface area contributed by atoms with Gasteiger partial charge in [-0.25, -0.2) is 9.59 Å². The normalized spacial score (nSPS) is 17.5. The Kier molecular flexibility index (Phi) is 5.60. The topological polar surface area (TPSA) is 78.4 Å². The fourth-order valence-electron chi connectivity index (χ4n) is 2.71. The van der Waals surface area contributed by atoms with E-state index in [1.807, 2.05) is 6.07 Å². The average Bonchev–Trinajstić information content (AvgIpc) is 2.74. The first-order chi connectivity index (χ1) is 10.2. The Morgan fingerprint density at radius 1 is 1.05 bits per heavy atom. The van der Waals surface area contributed by atoms with Crippen LogP contribution in [0.2, 0.25) is 0 Å². The number of carbonyl (C=O) groups is 2. The van der Waals surface area contributed by atoms with E-state index in [2.05, 4.69) is 10.6 Å². The van der Waals surface area contributed by atoms with E-state index in [1.54, 1.807) is 24.3 Å². The second kappa shape index (κ2) is 7.67. The molecular formula is C16H22N2O3. The quantitative estimate of drug-likeness (QED) is 0.746. The predicted molar refractivity (Wildman–Crippen MR) is 80.0 cm³/mol. The fourth-order valence-corrected chi connectivity index (χ4v) is 2.71. The van der Waals surface area contributed by atoms with Crippen molar-refractivity contribution in [2.75, 3.05) is 0 Å². The zero-order valence-corrected chi connectivity index (χ0v) is 12.0. The molecule has 1 aromatic rings. The summed E-state index contributed by atoms with van der Waals surface area (Å²) in [6.45, 7) is 0. The number of amides is 2. The first-order valence-electron chi connectivity index (χ1n) is 7.51. The van der Waals surface area contributed by atoms with Gasteiger partial charge in [-0.2, -0.15) is 0 Å². The van der Waals surface area contributed by atoms with E-state index in [0.717, 1.165) is 25.7 Å². The summed E-state index contributed by atoms with van der Waals surface area (Å²) in [5, 5.41) is 14.7. The van der Waals surface area contributed by atoms with Crippen LogP contribution in [0.3, 0.4) is 0 Å². The molecule has 5 nitrogen and oxygen atoms in total. The molecule has 0 spiro atoms. The molecule has 1 aromatic carbocycles. The van der Waals surface area contributed by atoms with Crippen molar-refractivity contribution in [3.63, 3.8) is 0 Å². The van der Waals surface area contributed by atoms with Crippen molar-refractivity contribution in [3.8, 4) is 0 Å². The SMILES string of the molecule is O=C(NC1CCCCCC1)NC(C(=O)O)c1ccccc1. The predicted octanol–water partition coefficient (Wildman–Crippen LogP) is 2.83. The van der Waals surface area contributed by atoms with E-state index in [-0.39, 0.29) is 6.04 Å². The molecule has 1 fully saturated rings. The molecule has 0 heterocycles. The molecule has 2 amide bonds. The van der Waals surface area contributed by atoms with Gasteiger partial charge in [0, 0.05) is 6.04 Å². The maximum atomic E-state index is 12.0. The van der Waals surface area contributed by atoms with Crippen molar-refractivity contribution in [1.82, 2.24) is 10.6 Å². The third-order valence-electron chi connectivity index (χ3n) is 3.85. The minimum atomic E-state index is -1.06. The maximum absolute atomic E-state index is 12.0. The molecule has 114 valence electrons. The molecule has 1 saturated carbocycles. The van der Waals surface area contributed by atoms with E-state index < -0.39 is 18.0 Å². The Hall–Kier alpha value is -2.04. The third-order valence-corrected chi connectivity index (χ3v) is 3.85. The Morgan fingerprint density at radius 2 is 1.67 bits per heavy atom. The molecule has 1 unspecified atom stereocenters. The molecule has 2 rings (SSSR count). The molecule has 1 atom stereocenters. The summed E-state index contributed by atoms with van der Waals surface area (Å²) < 4.78 is 0. The number of carboxylic acids is 1. The van der Waals surface area contributed by atoms with Crippen LogP contribution in [0.1, 0.15) is 50.1 Å². The van der Waals surface area contributed by atoms with Crippen LogP contribution in [0.25, 0.3) is 0 Å². The number of carbonyl (C=O) groups excluding carboxylic acids is 1. The number of hydrogen-bond donors (Lipinski definition) is 3. The molecule has 5 heteroatoms. The summed E-state index contributed by atoms with van der Waals surface area (Å²) in [5.41, 5.74) is 0.570. The van der Waals surface area contributed by atoms with E-state index in [4.69, 9.17) is 0 Å². The molecular weight excluding hydrogens is 268 g/mol. The minimum absolute atomic E-state index is 0.151. The monoisotopic (exact) mass is 290 g/mol. The van der Waals surface area contributed by atoms with Crippen molar-refractivity contribution in [2.24, 2.45) is 0 Å². The molecule has 0 radical (unpaired) electrons. The summed E-state index contributed by atoms with van der Waals surface area (Å²) in [6.07, 6.45) is 6.59. The Balaban J connectivity index is 1.94. The summed E-state index contributed by atoms with van der Waals surface area (Å²) in [7, 11) is 0. The molecule has 0 saturated heterocycles. The van der Waals surface area contributed by atoms with Gasteiger partial charge >= 0.3 is 12.0 Å². The number of rotatable bonds is 4. The number of nitrogens with one attached hydrogen (secondary N) is 2. The van der Waals surface area contributed by atoms with Crippen molar-refractivity contribution in [3.05, 3.63) is 35.9 Å². The molecule has 0 aliphatic heterocycles. The highest BCUT2D eigenvalue weighted by molar-refractivity contribution is 5.83. The zero-order chi connectivity index (χ0) is 15.1. The second-order valence-corrected chi connectivity index (χ2v) is 5.49. The van der Waals surface area contributed by atoms with Gasteiger partial charge in [-0.3, -0.25) is 0 Å². The first-order valence-corrected chi connectivity index (χ1v) is 7.51. The van der Waals surface area contributed by atoms with Crippen LogP contribution >= 0.6 is 0 Å². The lowest BCUT2D eigenvalue weighted by Gasteiger charge is -2.20. The number of urea groups is 1. The highest BCUT2D eigenvalue weighted by atomic mass is 16.4. The van der Waals surface area contributed by atoms with Crippen molar-refractivity contribution in [2.45, 2.75) is 50.6 Å². The Bertz CT molecular complexity index is 468. The third kappa shape index (κ3) is 4.77. The summed E-state index contributed by atoms with van der Waals surface area (Å²) in [4.78, 5) is 23.4. The summed E-state index contributed by atoms with van der Waals surface area (Å²) >= 11 is 0. The van der Waals surface area contributed by atoms with Gasteiger partial charge in [-0.15, -0.1) is 0 Å². The van der Waals surface area contributed by atoms with Crippen LogP contribution in [0.5, 0.6) is 0 Å². The van der Waals surface area contributed by atoms with E-state index >= 15 is 0 Å². The van der Waals surface area contributed by atoms with Gasteiger partial charge in [0.25, 0.3) is 0 Å². The zero-order valence-electron chi connectivity index (χ0n) is 12.0. The van der Waals surface area contributed by atoms with Crippen molar-refractivity contribution < 1.29 is 14.7 Å². The van der Waals surface area contributed by atoms with Gasteiger partial charge in [0.05, 0.1) is 0 Å². The Labute approximate surface area is 124 Å². The standard InChI is InChI=1S/C16H22N2O3/c19-15(20)14(12-8-4-3-5-9-12)18-16(21)17-13-10-6-1-2-7-11-13/h3-5,8-9,13-14H,1-2,6-7,10-11H2,(H,19,20)(H2,17,18,21). The van der Waals surface area contributed by atoms with Crippen LogP contribution in [0.15, 0.2) is 30.3 Å². The van der Waals surface area contributed by atoms with Gasteiger partial charge in [0.1, 0.15) is 0 Å². The van der Waals surface area contributed by atoms with Gasteiger partial charge in [-0.05, 0) is 18.4 Å². The fraction of sp³-hybridized carbons (Fsp3) is 0.500. The number of carboxylic acid groups (broad SMARTS) is 1. The second-order valence-electron chi connectivity index (χ2n) is 5.49. The van der Waals surface area contributed by atoms with Crippen LogP contribution in [0, 0.1) is 0 Å². The molecule has 0 bridgehead atoms. The molecule has 1 aliphatic rings. The van der Waals surface area contributed by atoms with Crippen molar-refractivity contribution in [1.29, 1.82) is 0 Å². The summed E-state index contributed by atoms with van der Waals surface area (Å²) in [5.74, 6) is -1.06. The van der Waals surface area contributed by atoms with Crippen molar-refractivity contribution >= 4 is 12.0 Å².